The minimum absolute atomic E-state index is 0.0588. The predicted molar refractivity (Wildman–Crippen MR) is 143 cm³/mol. The molecule has 0 aliphatic carbocycles. The number of carbonyl (C=O) groups is 1. The van der Waals surface area contributed by atoms with Gasteiger partial charge in [-0.25, -0.2) is 9.79 Å². The lowest BCUT2D eigenvalue weighted by molar-refractivity contribution is -0.140. The molecule has 0 fully saturated rings. The minimum atomic E-state index is -0.698. The molecule has 1 aromatic heterocycles. The molecule has 0 bridgehead atoms. The zero-order chi connectivity index (χ0) is 26.0. The number of aromatic nitrogens is 1. The zero-order valence-electron chi connectivity index (χ0n) is 20.4. The fourth-order valence-electron chi connectivity index (χ4n) is 4.04. The fourth-order valence-corrected chi connectivity index (χ4v) is 5.46. The maximum atomic E-state index is 13.7. The van der Waals surface area contributed by atoms with E-state index in [0.29, 0.717) is 32.1 Å². The summed E-state index contributed by atoms with van der Waals surface area (Å²) >= 11 is 4.61. The van der Waals surface area contributed by atoms with Gasteiger partial charge in [-0.05, 0) is 48.2 Å². The van der Waals surface area contributed by atoms with Gasteiger partial charge in [0, 0.05) is 17.1 Å². The van der Waals surface area contributed by atoms with Crippen molar-refractivity contribution in [1.29, 1.82) is 0 Å². The first kappa shape index (κ1) is 26.1. The van der Waals surface area contributed by atoms with Crippen LogP contribution < -0.4 is 14.9 Å². The van der Waals surface area contributed by atoms with E-state index in [1.54, 1.807) is 31.2 Å². The molecule has 3 aromatic rings. The van der Waals surface area contributed by atoms with Crippen molar-refractivity contribution in [3.63, 3.8) is 0 Å². The average molecular weight is 571 g/mol. The zero-order valence-corrected chi connectivity index (χ0v) is 22.9. The van der Waals surface area contributed by atoms with Crippen LogP contribution in [0.15, 0.2) is 68.0 Å². The maximum absolute atomic E-state index is 13.7. The van der Waals surface area contributed by atoms with Gasteiger partial charge < -0.3 is 14.6 Å². The van der Waals surface area contributed by atoms with Crippen molar-refractivity contribution in [3.05, 3.63) is 94.6 Å². The molecule has 188 valence electrons. The van der Waals surface area contributed by atoms with Gasteiger partial charge in [0.15, 0.2) is 4.80 Å². The van der Waals surface area contributed by atoms with E-state index in [1.807, 2.05) is 24.3 Å². The molecular formula is C27H27BrN2O5S. The topological polar surface area (TPSA) is 90.1 Å². The molecule has 0 saturated heterocycles. The molecule has 9 heteroatoms. The van der Waals surface area contributed by atoms with Crippen LogP contribution in [-0.2, 0) is 14.3 Å². The van der Waals surface area contributed by atoms with Crippen molar-refractivity contribution >= 4 is 39.3 Å². The first-order chi connectivity index (χ1) is 17.2. The van der Waals surface area contributed by atoms with Crippen molar-refractivity contribution in [2.75, 3.05) is 20.3 Å². The summed E-state index contributed by atoms with van der Waals surface area (Å²) in [4.78, 5) is 32.0. The van der Waals surface area contributed by atoms with Crippen LogP contribution in [0.1, 0.15) is 49.4 Å². The lowest BCUT2D eigenvalue weighted by Gasteiger charge is -2.25. The molecule has 1 aliphatic heterocycles. The molecule has 1 unspecified atom stereocenters. The summed E-state index contributed by atoms with van der Waals surface area (Å²) < 4.78 is 13.2. The predicted octanol–water partition coefficient (Wildman–Crippen LogP) is 4.02. The summed E-state index contributed by atoms with van der Waals surface area (Å²) in [5.74, 6) is -0.136. The number of allylic oxidation sites excluding steroid dienone is 1. The maximum Gasteiger partial charge on any atom is 0.338 e. The summed E-state index contributed by atoms with van der Waals surface area (Å²) in [6, 6.07) is 12.2. The van der Waals surface area contributed by atoms with Crippen LogP contribution in [-0.4, -0.2) is 36.0 Å². The van der Waals surface area contributed by atoms with E-state index >= 15 is 0 Å². The molecule has 4 rings (SSSR count). The Labute approximate surface area is 221 Å². The van der Waals surface area contributed by atoms with E-state index in [9.17, 15) is 14.7 Å². The summed E-state index contributed by atoms with van der Waals surface area (Å²) in [5.41, 5.74) is 2.95. The highest BCUT2D eigenvalue weighted by atomic mass is 79.9. The van der Waals surface area contributed by atoms with Crippen molar-refractivity contribution in [2.45, 2.75) is 32.7 Å². The Morgan fingerprint density at radius 3 is 2.61 bits per heavy atom. The van der Waals surface area contributed by atoms with Crippen LogP contribution in [0.5, 0.6) is 5.75 Å². The Morgan fingerprint density at radius 1 is 1.22 bits per heavy atom. The number of carbonyl (C=O) groups excluding carboxylic acids is 1. The second kappa shape index (κ2) is 10.9. The minimum Gasteiger partial charge on any atom is -0.507 e. The number of nitrogens with zero attached hydrogens (tertiary/aromatic N) is 2. The Hall–Kier alpha value is -3.01. The van der Waals surface area contributed by atoms with Gasteiger partial charge in [0.05, 0.1) is 28.5 Å². The number of phenols is 1. The molecule has 0 spiro atoms. The monoisotopic (exact) mass is 570 g/mol. The van der Waals surface area contributed by atoms with E-state index in [2.05, 4.69) is 34.8 Å². The molecule has 7 nitrogen and oxygen atoms in total. The quantitative estimate of drug-likeness (QED) is 0.342. The Bertz CT molecular complexity index is 1500. The summed E-state index contributed by atoms with van der Waals surface area (Å²) in [6.45, 7) is 6.33. The smallest absolute Gasteiger partial charge is 0.338 e. The highest BCUT2D eigenvalue weighted by molar-refractivity contribution is 9.10. The number of aromatic hydroxyl groups is 1. The molecule has 2 heterocycles. The third-order valence-corrected chi connectivity index (χ3v) is 7.43. The Kier molecular flexibility index (Phi) is 7.92. The molecule has 0 radical (unpaired) electrons. The standard InChI is InChI=1S/C27H27BrN2O5S/c1-15(2)17-5-7-18(8-6-17)24-23(26(33)35-12-11-34-4)16(3)29-27-30(24)25(32)22(36-27)14-19-13-20(28)9-10-21(19)31/h5-10,13-15,24,31H,11-12H2,1-4H3. The SMILES string of the molecule is COCCOC(=O)C1=C(C)N=c2sc(=Cc3cc(Br)ccc3O)c(=O)n2C1c1ccc(C(C)C)cc1. The van der Waals surface area contributed by atoms with Crippen LogP contribution >= 0.6 is 27.3 Å². The largest absolute Gasteiger partial charge is 0.507 e. The molecule has 1 N–H and O–H groups in total. The van der Waals surface area contributed by atoms with Gasteiger partial charge in [0.25, 0.3) is 5.56 Å². The highest BCUT2D eigenvalue weighted by Gasteiger charge is 2.33. The third-order valence-electron chi connectivity index (χ3n) is 5.96. The third kappa shape index (κ3) is 5.23. The van der Waals surface area contributed by atoms with Crippen molar-refractivity contribution in [2.24, 2.45) is 4.99 Å². The number of phenolic OH excluding ortho intramolecular Hbond substituents is 1. The van der Waals surface area contributed by atoms with E-state index in [1.165, 1.54) is 23.0 Å². The lowest BCUT2D eigenvalue weighted by atomic mass is 9.93. The summed E-state index contributed by atoms with van der Waals surface area (Å²) in [7, 11) is 1.53. The number of rotatable bonds is 7. The van der Waals surface area contributed by atoms with Crippen molar-refractivity contribution in [3.8, 4) is 5.75 Å². The van der Waals surface area contributed by atoms with E-state index in [0.717, 1.165) is 15.6 Å². The van der Waals surface area contributed by atoms with Gasteiger partial charge in [-0.15, -0.1) is 0 Å². The first-order valence-electron chi connectivity index (χ1n) is 11.5. The van der Waals surface area contributed by atoms with Gasteiger partial charge >= 0.3 is 5.97 Å². The molecule has 36 heavy (non-hydrogen) atoms. The number of ether oxygens (including phenoxy) is 2. The number of esters is 1. The van der Waals surface area contributed by atoms with Gasteiger partial charge in [0.1, 0.15) is 12.4 Å². The number of hydrogen-bond acceptors (Lipinski definition) is 7. The summed E-state index contributed by atoms with van der Waals surface area (Å²) in [5, 5.41) is 10.3. The number of benzene rings is 2. The first-order valence-corrected chi connectivity index (χ1v) is 13.1. The van der Waals surface area contributed by atoms with Gasteiger partial charge in [0.2, 0.25) is 0 Å². The van der Waals surface area contributed by atoms with Crippen LogP contribution in [0.4, 0.5) is 0 Å². The number of fused-ring (bicyclic) bond motifs is 1. The van der Waals surface area contributed by atoms with Crippen LogP contribution in [0.3, 0.4) is 0 Å². The summed E-state index contributed by atoms with van der Waals surface area (Å²) in [6.07, 6.45) is 1.64. The van der Waals surface area contributed by atoms with Gasteiger partial charge in [-0.1, -0.05) is 65.4 Å². The van der Waals surface area contributed by atoms with E-state index in [-0.39, 0.29) is 24.5 Å². The molecular weight excluding hydrogens is 544 g/mol. The van der Waals surface area contributed by atoms with Gasteiger partial charge in [-0.2, -0.15) is 0 Å². The normalized spacial score (nSPS) is 15.7. The van der Waals surface area contributed by atoms with Crippen LogP contribution in [0, 0.1) is 0 Å². The highest BCUT2D eigenvalue weighted by Crippen LogP contribution is 2.31. The number of thiazole rings is 1. The Morgan fingerprint density at radius 2 is 1.94 bits per heavy atom. The van der Waals surface area contributed by atoms with Crippen molar-refractivity contribution in [1.82, 2.24) is 4.57 Å². The fraction of sp³-hybridized carbons (Fsp3) is 0.296. The molecule has 1 aliphatic rings. The molecule has 1 atom stereocenters. The lowest BCUT2D eigenvalue weighted by Crippen LogP contribution is -2.40. The molecule has 2 aromatic carbocycles. The Balaban J connectivity index is 1.90. The van der Waals surface area contributed by atoms with Crippen molar-refractivity contribution < 1.29 is 19.4 Å². The number of methoxy groups -OCH3 is 1. The van der Waals surface area contributed by atoms with Crippen LogP contribution in [0.25, 0.3) is 6.08 Å². The second-order valence-electron chi connectivity index (χ2n) is 8.74. The molecule has 0 saturated carbocycles. The van der Waals surface area contributed by atoms with E-state index in [4.69, 9.17) is 9.47 Å². The average Bonchev–Trinajstić information content (AvgIpc) is 3.15. The number of hydrogen-bond donors (Lipinski definition) is 1. The molecule has 0 amide bonds. The second-order valence-corrected chi connectivity index (χ2v) is 10.7. The van der Waals surface area contributed by atoms with Crippen LogP contribution in [0.2, 0.25) is 0 Å². The van der Waals surface area contributed by atoms with E-state index < -0.39 is 12.0 Å². The number of halogens is 1. The van der Waals surface area contributed by atoms with Gasteiger partial charge in [-0.3, -0.25) is 9.36 Å².